The molecule has 2 heterocycles. The van der Waals surface area contributed by atoms with Gasteiger partial charge in [-0.1, -0.05) is 30.3 Å². The van der Waals surface area contributed by atoms with Gasteiger partial charge in [-0.3, -0.25) is 9.59 Å². The third kappa shape index (κ3) is 4.24. The van der Waals surface area contributed by atoms with E-state index in [4.69, 9.17) is 9.72 Å². The van der Waals surface area contributed by atoms with Crippen LogP contribution in [0.3, 0.4) is 0 Å². The van der Waals surface area contributed by atoms with Crippen molar-refractivity contribution in [3.63, 3.8) is 0 Å². The molecular formula is C27H26N4O3. The zero-order chi connectivity index (χ0) is 23.5. The molecule has 0 radical (unpaired) electrons. The number of fused-ring (bicyclic) bond motifs is 1. The van der Waals surface area contributed by atoms with E-state index in [0.29, 0.717) is 29.0 Å². The third-order valence-corrected chi connectivity index (χ3v) is 6.13. The Morgan fingerprint density at radius 2 is 1.74 bits per heavy atom. The SMILES string of the molecule is COc1ccc(CNC(=O)c2ccc3c(=O)n(-c4ccccc4)c(N4CCCC4)nc3c2)cc1. The van der Waals surface area contributed by atoms with E-state index in [2.05, 4.69) is 10.2 Å². The molecule has 0 bridgehead atoms. The zero-order valence-corrected chi connectivity index (χ0v) is 19.0. The Bertz CT molecular complexity index is 1380. The highest BCUT2D eigenvalue weighted by molar-refractivity contribution is 5.97. The van der Waals surface area contributed by atoms with Crippen LogP contribution >= 0.6 is 0 Å². The molecule has 1 amide bonds. The highest BCUT2D eigenvalue weighted by Crippen LogP contribution is 2.23. The van der Waals surface area contributed by atoms with Crippen molar-refractivity contribution in [3.05, 3.63) is 94.3 Å². The van der Waals surface area contributed by atoms with Gasteiger partial charge < -0.3 is 15.0 Å². The van der Waals surface area contributed by atoms with Crippen LogP contribution in [0, 0.1) is 0 Å². The molecule has 34 heavy (non-hydrogen) atoms. The highest BCUT2D eigenvalue weighted by atomic mass is 16.5. The fourth-order valence-corrected chi connectivity index (χ4v) is 4.28. The molecule has 1 N–H and O–H groups in total. The molecule has 0 saturated carbocycles. The van der Waals surface area contributed by atoms with Gasteiger partial charge in [0.2, 0.25) is 5.95 Å². The van der Waals surface area contributed by atoms with Crippen molar-refractivity contribution in [2.24, 2.45) is 0 Å². The Labute approximate surface area is 197 Å². The number of hydrogen-bond acceptors (Lipinski definition) is 5. The number of anilines is 1. The average Bonchev–Trinajstić information content (AvgIpc) is 3.43. The molecule has 4 aromatic rings. The van der Waals surface area contributed by atoms with Crippen molar-refractivity contribution < 1.29 is 9.53 Å². The van der Waals surface area contributed by atoms with E-state index in [1.165, 1.54) is 0 Å². The normalized spacial score (nSPS) is 13.3. The summed E-state index contributed by atoms with van der Waals surface area (Å²) in [5.74, 6) is 1.18. The second kappa shape index (κ2) is 9.39. The molecule has 5 rings (SSSR count). The van der Waals surface area contributed by atoms with Gasteiger partial charge in [0.1, 0.15) is 5.75 Å². The fourth-order valence-electron chi connectivity index (χ4n) is 4.28. The van der Waals surface area contributed by atoms with Crippen LogP contribution < -0.4 is 20.5 Å². The maximum atomic E-state index is 13.5. The van der Waals surface area contributed by atoms with Gasteiger partial charge in [-0.15, -0.1) is 0 Å². The summed E-state index contributed by atoms with van der Waals surface area (Å²) in [6, 6.07) is 22.2. The summed E-state index contributed by atoms with van der Waals surface area (Å²) in [6.07, 6.45) is 2.13. The Morgan fingerprint density at radius 1 is 1.00 bits per heavy atom. The van der Waals surface area contributed by atoms with E-state index >= 15 is 0 Å². The molecular weight excluding hydrogens is 428 g/mol. The Balaban J connectivity index is 1.48. The number of benzene rings is 3. The van der Waals surface area contributed by atoms with Gasteiger partial charge in [0, 0.05) is 25.2 Å². The second-order valence-corrected chi connectivity index (χ2v) is 8.34. The lowest BCUT2D eigenvalue weighted by Crippen LogP contribution is -2.30. The smallest absolute Gasteiger partial charge is 0.267 e. The summed E-state index contributed by atoms with van der Waals surface area (Å²) in [7, 11) is 1.62. The van der Waals surface area contributed by atoms with Gasteiger partial charge in [-0.2, -0.15) is 0 Å². The number of nitrogens with one attached hydrogen (secondary N) is 1. The van der Waals surface area contributed by atoms with Crippen molar-refractivity contribution >= 4 is 22.8 Å². The first-order chi connectivity index (χ1) is 16.6. The highest BCUT2D eigenvalue weighted by Gasteiger charge is 2.21. The Kier molecular flexibility index (Phi) is 5.99. The number of nitrogens with zero attached hydrogens (tertiary/aromatic N) is 3. The molecule has 1 aliphatic heterocycles. The second-order valence-electron chi connectivity index (χ2n) is 8.34. The maximum absolute atomic E-state index is 13.5. The number of carbonyl (C=O) groups is 1. The molecule has 0 spiro atoms. The van der Waals surface area contributed by atoms with E-state index < -0.39 is 0 Å². The molecule has 1 aromatic heterocycles. The summed E-state index contributed by atoms with van der Waals surface area (Å²) in [5.41, 5.74) is 2.61. The van der Waals surface area contributed by atoms with Crippen LogP contribution in [-0.2, 0) is 6.54 Å². The predicted octanol–water partition coefficient (Wildman–Crippen LogP) is 3.92. The lowest BCUT2D eigenvalue weighted by Gasteiger charge is -2.22. The van der Waals surface area contributed by atoms with E-state index in [0.717, 1.165) is 42.9 Å². The molecule has 0 aliphatic carbocycles. The molecule has 7 heteroatoms. The number of ether oxygens (including phenoxy) is 1. The summed E-state index contributed by atoms with van der Waals surface area (Å²) < 4.78 is 6.85. The molecule has 0 atom stereocenters. The maximum Gasteiger partial charge on any atom is 0.267 e. The molecule has 1 fully saturated rings. The summed E-state index contributed by atoms with van der Waals surface area (Å²) >= 11 is 0. The van der Waals surface area contributed by atoms with Gasteiger partial charge in [-0.05, 0) is 60.9 Å². The minimum Gasteiger partial charge on any atom is -0.497 e. The molecule has 7 nitrogen and oxygen atoms in total. The zero-order valence-electron chi connectivity index (χ0n) is 19.0. The first kappa shape index (κ1) is 21.7. The Morgan fingerprint density at radius 3 is 2.44 bits per heavy atom. The van der Waals surface area contributed by atoms with Crippen molar-refractivity contribution in [1.29, 1.82) is 0 Å². The van der Waals surface area contributed by atoms with Crippen LogP contribution in [0.2, 0.25) is 0 Å². The van der Waals surface area contributed by atoms with Crippen molar-refractivity contribution in [1.82, 2.24) is 14.9 Å². The average molecular weight is 455 g/mol. The van der Waals surface area contributed by atoms with Gasteiger partial charge in [0.05, 0.1) is 23.7 Å². The first-order valence-corrected chi connectivity index (χ1v) is 11.4. The molecule has 3 aromatic carbocycles. The van der Waals surface area contributed by atoms with Crippen molar-refractivity contribution in [2.45, 2.75) is 19.4 Å². The number of aromatic nitrogens is 2. The van der Waals surface area contributed by atoms with Gasteiger partial charge in [0.15, 0.2) is 0 Å². The topological polar surface area (TPSA) is 76.5 Å². The molecule has 1 saturated heterocycles. The fraction of sp³-hybridized carbons (Fsp3) is 0.222. The van der Waals surface area contributed by atoms with Crippen molar-refractivity contribution in [2.75, 3.05) is 25.1 Å². The van der Waals surface area contributed by atoms with Crippen LogP contribution in [0.15, 0.2) is 77.6 Å². The molecule has 1 aliphatic rings. The van der Waals surface area contributed by atoms with Crippen molar-refractivity contribution in [3.8, 4) is 11.4 Å². The number of carbonyl (C=O) groups excluding carboxylic acids is 1. The van der Waals surface area contributed by atoms with Crippen LogP contribution in [-0.4, -0.2) is 35.7 Å². The predicted molar refractivity (Wildman–Crippen MR) is 133 cm³/mol. The van der Waals surface area contributed by atoms with E-state index in [1.807, 2.05) is 54.6 Å². The van der Waals surface area contributed by atoms with Crippen LogP contribution in [0.1, 0.15) is 28.8 Å². The summed E-state index contributed by atoms with van der Waals surface area (Å²) in [6.45, 7) is 2.10. The number of methoxy groups -OCH3 is 1. The lowest BCUT2D eigenvalue weighted by atomic mass is 10.1. The Hall–Kier alpha value is -4.13. The quantitative estimate of drug-likeness (QED) is 0.478. The molecule has 172 valence electrons. The van der Waals surface area contributed by atoms with Gasteiger partial charge in [-0.25, -0.2) is 9.55 Å². The number of rotatable bonds is 6. The monoisotopic (exact) mass is 454 g/mol. The number of hydrogen-bond donors (Lipinski definition) is 1. The standard InChI is InChI=1S/C27H26N4O3/c1-34-22-12-9-19(10-13-22)18-28-25(32)20-11-14-23-24(17-20)29-27(30-15-5-6-16-30)31(26(23)33)21-7-3-2-4-8-21/h2-4,7-14,17H,5-6,15-16,18H2,1H3,(H,28,32). The molecule has 0 unspecified atom stereocenters. The third-order valence-electron chi connectivity index (χ3n) is 6.13. The van der Waals surface area contributed by atoms with Crippen LogP contribution in [0.5, 0.6) is 5.75 Å². The van der Waals surface area contributed by atoms with E-state index in [1.54, 1.807) is 29.9 Å². The first-order valence-electron chi connectivity index (χ1n) is 11.4. The van der Waals surface area contributed by atoms with Crippen LogP contribution in [0.4, 0.5) is 5.95 Å². The van der Waals surface area contributed by atoms with Gasteiger partial charge >= 0.3 is 0 Å². The summed E-state index contributed by atoms with van der Waals surface area (Å²) in [4.78, 5) is 33.4. The number of para-hydroxylation sites is 1. The number of amides is 1. The van der Waals surface area contributed by atoms with E-state index in [-0.39, 0.29) is 11.5 Å². The minimum absolute atomic E-state index is 0.136. The van der Waals surface area contributed by atoms with Crippen LogP contribution in [0.25, 0.3) is 16.6 Å². The van der Waals surface area contributed by atoms with Gasteiger partial charge in [0.25, 0.3) is 11.5 Å². The lowest BCUT2D eigenvalue weighted by molar-refractivity contribution is 0.0951. The largest absolute Gasteiger partial charge is 0.497 e. The van der Waals surface area contributed by atoms with E-state index in [9.17, 15) is 9.59 Å². The minimum atomic E-state index is -0.213. The summed E-state index contributed by atoms with van der Waals surface area (Å²) in [5, 5.41) is 3.42.